The monoisotopic (exact) mass is 367 g/mol. The molecule has 2 aromatic rings. The molecule has 0 bridgehead atoms. The van der Waals surface area contributed by atoms with E-state index >= 15 is 0 Å². The Kier molecular flexibility index (Phi) is 4.68. The fraction of sp³-hybridized carbons (Fsp3) is 0.150. The first-order chi connectivity index (χ1) is 12.8. The van der Waals surface area contributed by atoms with Crippen molar-refractivity contribution < 1.29 is 29.3 Å². The summed E-state index contributed by atoms with van der Waals surface area (Å²) in [7, 11) is 1.28. The van der Waals surface area contributed by atoms with Gasteiger partial charge in [0.25, 0.3) is 5.91 Å². The van der Waals surface area contributed by atoms with Crippen molar-refractivity contribution in [2.24, 2.45) is 0 Å². The zero-order valence-electron chi connectivity index (χ0n) is 14.7. The summed E-state index contributed by atoms with van der Waals surface area (Å²) >= 11 is 0. The number of phenolic OH excluding ortho intramolecular Hbond substituents is 2. The summed E-state index contributed by atoms with van der Waals surface area (Å²) in [6.07, 6.45) is 0.918. The lowest BCUT2D eigenvalue weighted by Gasteiger charge is -2.11. The summed E-state index contributed by atoms with van der Waals surface area (Å²) in [6, 6.07) is 8.43. The normalized spacial score (nSPS) is 13.5. The molecule has 7 nitrogen and oxygen atoms in total. The van der Waals surface area contributed by atoms with Crippen LogP contribution in [0.5, 0.6) is 17.2 Å². The Morgan fingerprint density at radius 3 is 2.52 bits per heavy atom. The number of methoxy groups -OCH3 is 1. The van der Waals surface area contributed by atoms with Crippen LogP contribution in [-0.2, 0) is 9.59 Å². The average molecular weight is 367 g/mol. The number of para-hydroxylation sites is 1. The van der Waals surface area contributed by atoms with Crippen LogP contribution >= 0.6 is 0 Å². The Morgan fingerprint density at radius 1 is 1.15 bits per heavy atom. The van der Waals surface area contributed by atoms with E-state index in [2.05, 4.69) is 5.32 Å². The number of fused-ring (bicyclic) bond motifs is 1. The van der Waals surface area contributed by atoms with Crippen molar-refractivity contribution in [3.63, 3.8) is 0 Å². The predicted octanol–water partition coefficient (Wildman–Crippen LogP) is 2.59. The smallest absolute Gasteiger partial charge is 0.252 e. The van der Waals surface area contributed by atoms with Gasteiger partial charge in [0, 0.05) is 17.7 Å². The van der Waals surface area contributed by atoms with Crippen LogP contribution in [0, 0.1) is 6.92 Å². The molecule has 3 N–H and O–H groups in total. The second-order valence-electron chi connectivity index (χ2n) is 6.11. The van der Waals surface area contributed by atoms with E-state index in [1.54, 1.807) is 12.1 Å². The number of amides is 1. The molecule has 0 atom stereocenters. The molecule has 2 aromatic carbocycles. The Hall–Kier alpha value is -3.61. The number of phenols is 2. The number of carbonyl (C=O) groups excluding carboxylic acids is 3. The molecule has 0 spiro atoms. The second kappa shape index (κ2) is 6.95. The van der Waals surface area contributed by atoms with E-state index in [4.69, 9.17) is 4.74 Å². The minimum atomic E-state index is -0.976. The third kappa shape index (κ3) is 3.27. The number of ether oxygens (including phenoxy) is 1. The van der Waals surface area contributed by atoms with Crippen molar-refractivity contribution >= 4 is 29.2 Å². The third-order valence-corrected chi connectivity index (χ3v) is 4.34. The highest BCUT2D eigenvalue weighted by molar-refractivity contribution is 6.47. The maximum absolute atomic E-state index is 12.7. The van der Waals surface area contributed by atoms with Crippen LogP contribution in [0.4, 0.5) is 5.69 Å². The van der Waals surface area contributed by atoms with Gasteiger partial charge in [-0.3, -0.25) is 14.4 Å². The van der Waals surface area contributed by atoms with Crippen LogP contribution in [0.3, 0.4) is 0 Å². The molecular formula is C20H17NO6. The summed E-state index contributed by atoms with van der Waals surface area (Å²) in [5, 5.41) is 22.8. The van der Waals surface area contributed by atoms with Crippen molar-refractivity contribution in [2.75, 3.05) is 12.4 Å². The summed E-state index contributed by atoms with van der Waals surface area (Å²) in [6.45, 7) is 1.83. The molecule has 1 aliphatic carbocycles. The molecule has 0 saturated heterocycles. The zero-order valence-corrected chi connectivity index (χ0v) is 14.7. The van der Waals surface area contributed by atoms with E-state index in [0.29, 0.717) is 5.69 Å². The molecule has 1 amide bonds. The molecule has 0 saturated carbocycles. The van der Waals surface area contributed by atoms with Crippen LogP contribution in [0.15, 0.2) is 35.9 Å². The van der Waals surface area contributed by atoms with Crippen molar-refractivity contribution in [1.82, 2.24) is 0 Å². The highest BCUT2D eigenvalue weighted by Crippen LogP contribution is 2.42. The van der Waals surface area contributed by atoms with Gasteiger partial charge >= 0.3 is 0 Å². The Labute approximate surface area is 154 Å². The molecule has 138 valence electrons. The van der Waals surface area contributed by atoms with Gasteiger partial charge in [0.05, 0.1) is 12.7 Å². The summed E-state index contributed by atoms with van der Waals surface area (Å²) in [4.78, 5) is 37.3. The maximum Gasteiger partial charge on any atom is 0.252 e. The lowest BCUT2D eigenvalue weighted by molar-refractivity contribution is -0.117. The van der Waals surface area contributed by atoms with Gasteiger partial charge in [-0.15, -0.1) is 0 Å². The van der Waals surface area contributed by atoms with Crippen LogP contribution in [0.2, 0.25) is 0 Å². The summed E-state index contributed by atoms with van der Waals surface area (Å²) < 4.78 is 4.97. The highest BCUT2D eigenvalue weighted by atomic mass is 16.5. The van der Waals surface area contributed by atoms with Gasteiger partial charge in [0.1, 0.15) is 0 Å². The first-order valence-corrected chi connectivity index (χ1v) is 8.11. The second-order valence-corrected chi connectivity index (χ2v) is 6.11. The van der Waals surface area contributed by atoms with Crippen LogP contribution in [-0.4, -0.2) is 34.8 Å². The Morgan fingerprint density at radius 2 is 1.85 bits per heavy atom. The number of ketones is 2. The van der Waals surface area contributed by atoms with E-state index < -0.39 is 35.4 Å². The third-order valence-electron chi connectivity index (χ3n) is 4.34. The van der Waals surface area contributed by atoms with Crippen LogP contribution < -0.4 is 10.1 Å². The summed E-state index contributed by atoms with van der Waals surface area (Å²) in [5.74, 6) is -3.85. The Balaban J connectivity index is 2.08. The first kappa shape index (κ1) is 18.2. The van der Waals surface area contributed by atoms with Crippen LogP contribution in [0.25, 0.3) is 6.08 Å². The number of aryl methyl sites for hydroxylation is 1. The fourth-order valence-corrected chi connectivity index (χ4v) is 2.85. The van der Waals surface area contributed by atoms with Gasteiger partial charge in [0.2, 0.25) is 17.3 Å². The molecule has 0 radical (unpaired) electrons. The number of aromatic hydroxyl groups is 2. The van der Waals surface area contributed by atoms with Crippen molar-refractivity contribution in [3.05, 3.63) is 52.6 Å². The van der Waals surface area contributed by atoms with Gasteiger partial charge in [-0.25, -0.2) is 0 Å². The molecule has 0 aliphatic heterocycles. The summed E-state index contributed by atoms with van der Waals surface area (Å²) in [5.41, 5.74) is 1.25. The highest BCUT2D eigenvalue weighted by Gasteiger charge is 2.31. The van der Waals surface area contributed by atoms with Gasteiger partial charge < -0.3 is 20.3 Å². The number of benzene rings is 2. The number of Topliss-reactive ketones (excluding diaryl/α,β-unsaturated/α-hetero) is 2. The maximum atomic E-state index is 12.7. The molecular weight excluding hydrogens is 350 g/mol. The average Bonchev–Trinajstić information content (AvgIpc) is 2.77. The van der Waals surface area contributed by atoms with Crippen molar-refractivity contribution in [2.45, 2.75) is 13.3 Å². The molecule has 3 rings (SSSR count). The largest absolute Gasteiger partial charge is 0.504 e. The Bertz CT molecular complexity index is 1010. The van der Waals surface area contributed by atoms with E-state index in [0.717, 1.165) is 5.56 Å². The quantitative estimate of drug-likeness (QED) is 0.568. The number of anilines is 1. The molecule has 0 heterocycles. The standard InChI is InChI=1S/C20H17NO6/c1-10-5-3-4-6-13(10)21-20(26)12-7-11-9-15(27-2)18(24)19(25)16(11)17(23)14(22)8-12/h3-7,9,24-25H,8H2,1-2H3,(H,21,26). The van der Waals surface area contributed by atoms with Gasteiger partial charge in [-0.1, -0.05) is 18.2 Å². The van der Waals surface area contributed by atoms with E-state index in [-0.39, 0.29) is 22.4 Å². The molecule has 1 aliphatic rings. The van der Waals surface area contributed by atoms with Gasteiger partial charge in [-0.05, 0) is 36.3 Å². The minimum Gasteiger partial charge on any atom is -0.504 e. The predicted molar refractivity (Wildman–Crippen MR) is 98.1 cm³/mol. The van der Waals surface area contributed by atoms with Gasteiger partial charge in [0.15, 0.2) is 11.5 Å². The van der Waals surface area contributed by atoms with Gasteiger partial charge in [-0.2, -0.15) is 0 Å². The number of carbonyl (C=O) groups is 3. The number of hydrogen-bond acceptors (Lipinski definition) is 6. The fourth-order valence-electron chi connectivity index (χ4n) is 2.85. The van der Waals surface area contributed by atoms with E-state index in [1.807, 2.05) is 19.1 Å². The van der Waals surface area contributed by atoms with E-state index in [9.17, 15) is 24.6 Å². The minimum absolute atomic E-state index is 0.0579. The molecule has 27 heavy (non-hydrogen) atoms. The van der Waals surface area contributed by atoms with Crippen molar-refractivity contribution in [3.8, 4) is 17.2 Å². The number of hydrogen-bond donors (Lipinski definition) is 3. The van der Waals surface area contributed by atoms with E-state index in [1.165, 1.54) is 19.3 Å². The number of nitrogens with one attached hydrogen (secondary N) is 1. The molecule has 0 unspecified atom stereocenters. The van der Waals surface area contributed by atoms with Crippen LogP contribution in [0.1, 0.15) is 27.9 Å². The SMILES string of the molecule is COc1cc2c(c(O)c1O)C(=O)C(=O)CC(C(=O)Nc1ccccc1C)=C2. The lowest BCUT2D eigenvalue weighted by Crippen LogP contribution is -2.19. The molecule has 7 heteroatoms. The zero-order chi connectivity index (χ0) is 19.7. The topological polar surface area (TPSA) is 113 Å². The molecule has 0 fully saturated rings. The van der Waals surface area contributed by atoms with Crippen molar-refractivity contribution in [1.29, 1.82) is 0 Å². The molecule has 0 aromatic heterocycles. The lowest BCUT2D eigenvalue weighted by atomic mass is 10.00. The first-order valence-electron chi connectivity index (χ1n) is 8.11. The number of rotatable bonds is 3.